The second kappa shape index (κ2) is 7.41. The largest absolute Gasteiger partial charge is 0.468 e. The highest BCUT2D eigenvalue weighted by atomic mass is 16.5. The molecule has 1 fully saturated rings. The highest BCUT2D eigenvalue weighted by molar-refractivity contribution is 5.75. The van der Waals surface area contributed by atoms with E-state index >= 15 is 0 Å². The summed E-state index contributed by atoms with van der Waals surface area (Å²) in [5, 5.41) is 0. The van der Waals surface area contributed by atoms with E-state index in [0.717, 1.165) is 38.9 Å². The van der Waals surface area contributed by atoms with E-state index in [1.165, 1.54) is 12.7 Å². The van der Waals surface area contributed by atoms with Crippen LogP contribution in [-0.2, 0) is 16.0 Å². The van der Waals surface area contributed by atoms with Crippen LogP contribution in [0.4, 0.5) is 0 Å². The van der Waals surface area contributed by atoms with E-state index in [9.17, 15) is 4.79 Å². The molecule has 1 unspecified atom stereocenters. The molecule has 0 saturated carbocycles. The van der Waals surface area contributed by atoms with Crippen molar-refractivity contribution < 1.29 is 9.53 Å². The van der Waals surface area contributed by atoms with E-state index in [1.807, 2.05) is 6.07 Å². The zero-order chi connectivity index (χ0) is 14.4. The number of rotatable bonds is 5. The molecule has 1 aliphatic rings. The van der Waals surface area contributed by atoms with Gasteiger partial charge in [0.05, 0.1) is 7.11 Å². The lowest BCUT2D eigenvalue weighted by Gasteiger charge is -2.33. The Labute approximate surface area is 120 Å². The third kappa shape index (κ3) is 4.05. The SMILES string of the molecule is COC(=O)C(N)C1CCN(CCc2ccccc2)CC1. The maximum atomic E-state index is 11.4. The Morgan fingerprint density at radius 3 is 2.60 bits per heavy atom. The smallest absolute Gasteiger partial charge is 0.322 e. The van der Waals surface area contributed by atoms with Crippen LogP contribution in [0.25, 0.3) is 0 Å². The van der Waals surface area contributed by atoms with Gasteiger partial charge < -0.3 is 15.4 Å². The first-order valence-electron chi connectivity index (χ1n) is 7.30. The van der Waals surface area contributed by atoms with Gasteiger partial charge in [-0.15, -0.1) is 0 Å². The van der Waals surface area contributed by atoms with Crippen molar-refractivity contribution in [2.24, 2.45) is 11.7 Å². The van der Waals surface area contributed by atoms with Crippen LogP contribution in [0.3, 0.4) is 0 Å². The normalized spacial score (nSPS) is 18.7. The molecule has 0 aliphatic carbocycles. The van der Waals surface area contributed by atoms with Gasteiger partial charge in [-0.2, -0.15) is 0 Å². The summed E-state index contributed by atoms with van der Waals surface area (Å²) in [6.45, 7) is 3.11. The van der Waals surface area contributed by atoms with Crippen LogP contribution in [0.5, 0.6) is 0 Å². The fourth-order valence-corrected chi connectivity index (χ4v) is 2.80. The van der Waals surface area contributed by atoms with E-state index < -0.39 is 6.04 Å². The molecule has 1 atom stereocenters. The van der Waals surface area contributed by atoms with Crippen molar-refractivity contribution in [3.8, 4) is 0 Å². The van der Waals surface area contributed by atoms with Gasteiger partial charge in [0.15, 0.2) is 0 Å². The van der Waals surface area contributed by atoms with Gasteiger partial charge in [0, 0.05) is 6.54 Å². The molecule has 1 saturated heterocycles. The highest BCUT2D eigenvalue weighted by Crippen LogP contribution is 2.20. The average Bonchev–Trinajstić information content (AvgIpc) is 2.53. The summed E-state index contributed by atoms with van der Waals surface area (Å²) in [4.78, 5) is 13.9. The van der Waals surface area contributed by atoms with Gasteiger partial charge in [0.2, 0.25) is 0 Å². The first kappa shape index (κ1) is 15.0. The Balaban J connectivity index is 1.73. The fourth-order valence-electron chi connectivity index (χ4n) is 2.80. The first-order valence-corrected chi connectivity index (χ1v) is 7.30. The molecule has 1 aromatic rings. The van der Waals surface area contributed by atoms with Crippen molar-refractivity contribution >= 4 is 5.97 Å². The summed E-state index contributed by atoms with van der Waals surface area (Å²) in [6, 6.07) is 10.1. The molecule has 0 bridgehead atoms. The molecule has 4 heteroatoms. The number of hydrogen-bond donors (Lipinski definition) is 1. The molecule has 0 spiro atoms. The van der Waals surface area contributed by atoms with Gasteiger partial charge in [-0.3, -0.25) is 4.79 Å². The van der Waals surface area contributed by atoms with Crippen molar-refractivity contribution in [3.63, 3.8) is 0 Å². The second-order valence-corrected chi connectivity index (χ2v) is 5.46. The molecule has 110 valence electrons. The number of methoxy groups -OCH3 is 1. The number of esters is 1. The minimum absolute atomic E-state index is 0.260. The van der Waals surface area contributed by atoms with Crippen molar-refractivity contribution in [2.75, 3.05) is 26.7 Å². The second-order valence-electron chi connectivity index (χ2n) is 5.46. The lowest BCUT2D eigenvalue weighted by molar-refractivity contribution is -0.144. The summed E-state index contributed by atoms with van der Waals surface area (Å²) in [7, 11) is 1.40. The van der Waals surface area contributed by atoms with Crippen LogP contribution in [-0.4, -0.2) is 43.7 Å². The Morgan fingerprint density at radius 1 is 1.35 bits per heavy atom. The summed E-state index contributed by atoms with van der Waals surface area (Å²) in [5.41, 5.74) is 7.30. The summed E-state index contributed by atoms with van der Waals surface area (Å²) in [5.74, 6) is -0.0249. The van der Waals surface area contributed by atoms with E-state index in [4.69, 9.17) is 10.5 Å². The Bertz CT molecular complexity index is 414. The van der Waals surface area contributed by atoms with Gasteiger partial charge in [0.1, 0.15) is 6.04 Å². The zero-order valence-electron chi connectivity index (χ0n) is 12.1. The van der Waals surface area contributed by atoms with Crippen molar-refractivity contribution in [3.05, 3.63) is 35.9 Å². The molecule has 1 aliphatic heterocycles. The maximum absolute atomic E-state index is 11.4. The molecule has 0 radical (unpaired) electrons. The first-order chi connectivity index (χ1) is 9.70. The number of piperidine rings is 1. The lowest BCUT2D eigenvalue weighted by Crippen LogP contribution is -2.45. The quantitative estimate of drug-likeness (QED) is 0.827. The van der Waals surface area contributed by atoms with Crippen LogP contribution in [0.1, 0.15) is 18.4 Å². The van der Waals surface area contributed by atoms with E-state index in [-0.39, 0.29) is 11.9 Å². The molecule has 0 amide bonds. The van der Waals surface area contributed by atoms with Crippen LogP contribution in [0.2, 0.25) is 0 Å². The summed E-state index contributed by atoms with van der Waals surface area (Å²) in [6.07, 6.45) is 3.03. The Hall–Kier alpha value is -1.39. The predicted molar refractivity (Wildman–Crippen MR) is 79.3 cm³/mol. The number of likely N-dealkylation sites (tertiary alicyclic amines) is 1. The van der Waals surface area contributed by atoms with Crippen molar-refractivity contribution in [1.82, 2.24) is 4.90 Å². The molecule has 1 aromatic carbocycles. The lowest BCUT2D eigenvalue weighted by atomic mass is 9.90. The number of carbonyl (C=O) groups is 1. The van der Waals surface area contributed by atoms with E-state index in [2.05, 4.69) is 29.2 Å². The fraction of sp³-hybridized carbons (Fsp3) is 0.562. The maximum Gasteiger partial charge on any atom is 0.322 e. The number of hydrogen-bond acceptors (Lipinski definition) is 4. The highest BCUT2D eigenvalue weighted by Gasteiger charge is 2.28. The number of carbonyl (C=O) groups excluding carboxylic acids is 1. The van der Waals surface area contributed by atoms with Crippen molar-refractivity contribution in [2.45, 2.75) is 25.3 Å². The molecule has 2 rings (SSSR count). The molecular formula is C16H24N2O2. The molecule has 1 heterocycles. The third-order valence-electron chi connectivity index (χ3n) is 4.17. The Morgan fingerprint density at radius 2 is 2.00 bits per heavy atom. The van der Waals surface area contributed by atoms with Crippen LogP contribution >= 0.6 is 0 Å². The van der Waals surface area contributed by atoms with Gasteiger partial charge in [0.25, 0.3) is 0 Å². The number of benzene rings is 1. The van der Waals surface area contributed by atoms with Gasteiger partial charge in [-0.05, 0) is 43.8 Å². The van der Waals surface area contributed by atoms with Crippen LogP contribution in [0, 0.1) is 5.92 Å². The van der Waals surface area contributed by atoms with Gasteiger partial charge in [-0.1, -0.05) is 30.3 Å². The number of nitrogens with zero attached hydrogens (tertiary/aromatic N) is 1. The Kier molecular flexibility index (Phi) is 5.56. The molecule has 2 N–H and O–H groups in total. The number of nitrogens with two attached hydrogens (primary N) is 1. The minimum Gasteiger partial charge on any atom is -0.468 e. The molecule has 0 aromatic heterocycles. The predicted octanol–water partition coefficient (Wildman–Crippen LogP) is 1.44. The van der Waals surface area contributed by atoms with E-state index in [0.29, 0.717) is 0 Å². The number of ether oxygens (including phenoxy) is 1. The monoisotopic (exact) mass is 276 g/mol. The van der Waals surface area contributed by atoms with Gasteiger partial charge in [-0.25, -0.2) is 0 Å². The molecule has 20 heavy (non-hydrogen) atoms. The molecular weight excluding hydrogens is 252 g/mol. The standard InChI is InChI=1S/C16H24N2O2/c1-20-16(19)15(17)14-8-11-18(12-9-14)10-7-13-5-3-2-4-6-13/h2-6,14-15H,7-12,17H2,1H3. The van der Waals surface area contributed by atoms with Crippen molar-refractivity contribution in [1.29, 1.82) is 0 Å². The average molecular weight is 276 g/mol. The van der Waals surface area contributed by atoms with Crippen LogP contribution in [0.15, 0.2) is 30.3 Å². The third-order valence-corrected chi connectivity index (χ3v) is 4.17. The summed E-state index contributed by atoms with van der Waals surface area (Å²) >= 11 is 0. The zero-order valence-corrected chi connectivity index (χ0v) is 12.1. The van der Waals surface area contributed by atoms with E-state index in [1.54, 1.807) is 0 Å². The molecule has 4 nitrogen and oxygen atoms in total. The van der Waals surface area contributed by atoms with Crippen LogP contribution < -0.4 is 5.73 Å². The summed E-state index contributed by atoms with van der Waals surface area (Å²) < 4.78 is 4.72. The van der Waals surface area contributed by atoms with Gasteiger partial charge >= 0.3 is 5.97 Å². The topological polar surface area (TPSA) is 55.6 Å². The minimum atomic E-state index is -0.462.